The van der Waals surface area contributed by atoms with Crippen LogP contribution in [0.15, 0.2) is 18.2 Å². The lowest BCUT2D eigenvalue weighted by Gasteiger charge is -2.24. The van der Waals surface area contributed by atoms with E-state index in [2.05, 4.69) is 5.32 Å². The molecule has 0 radical (unpaired) electrons. The zero-order valence-corrected chi connectivity index (χ0v) is 11.8. The van der Waals surface area contributed by atoms with E-state index < -0.39 is 6.04 Å². The van der Waals surface area contributed by atoms with Crippen LogP contribution in [0.5, 0.6) is 0 Å². The van der Waals surface area contributed by atoms with Gasteiger partial charge in [0.25, 0.3) is 0 Å². The molecule has 1 aliphatic rings. The van der Waals surface area contributed by atoms with Crippen molar-refractivity contribution >= 4 is 11.8 Å². The van der Waals surface area contributed by atoms with E-state index >= 15 is 0 Å². The third-order valence-electron chi connectivity index (χ3n) is 3.63. The number of nitrogens with zero attached hydrogens (tertiary/aromatic N) is 1. The molecule has 1 fully saturated rings. The number of benzene rings is 1. The molecule has 1 N–H and O–H groups in total. The fraction of sp³-hybridized carbons (Fsp3) is 0.467. The lowest BCUT2D eigenvalue weighted by molar-refractivity contribution is -0.134. The summed E-state index contributed by atoms with van der Waals surface area (Å²) in [6.45, 7) is 4.46. The average Bonchev–Trinajstić information content (AvgIpc) is 2.55. The predicted octanol–water partition coefficient (Wildman–Crippen LogP) is 1.76. The molecule has 1 aliphatic heterocycles. The Hall–Kier alpha value is -1.91. The van der Waals surface area contributed by atoms with Gasteiger partial charge in [-0.15, -0.1) is 0 Å². The SMILES string of the molecule is CCC1NC(=O)CCN(Cc2cc(F)ccc2C)C1=O. The number of nitrogens with one attached hydrogen (secondary N) is 1. The average molecular weight is 278 g/mol. The third-order valence-corrected chi connectivity index (χ3v) is 3.63. The van der Waals surface area contributed by atoms with Gasteiger partial charge in [-0.25, -0.2) is 4.39 Å². The molecule has 1 aromatic rings. The maximum Gasteiger partial charge on any atom is 0.245 e. The predicted molar refractivity (Wildman–Crippen MR) is 73.4 cm³/mol. The first-order valence-electron chi connectivity index (χ1n) is 6.84. The van der Waals surface area contributed by atoms with Crippen LogP contribution in [-0.2, 0) is 16.1 Å². The number of amides is 2. The molecule has 1 saturated heterocycles. The lowest BCUT2D eigenvalue weighted by Crippen LogP contribution is -2.44. The lowest BCUT2D eigenvalue weighted by atomic mass is 10.1. The van der Waals surface area contributed by atoms with Crippen LogP contribution in [0.4, 0.5) is 4.39 Å². The highest BCUT2D eigenvalue weighted by Gasteiger charge is 2.28. The van der Waals surface area contributed by atoms with Crippen LogP contribution >= 0.6 is 0 Å². The number of hydrogen-bond acceptors (Lipinski definition) is 2. The van der Waals surface area contributed by atoms with Crippen LogP contribution in [0.25, 0.3) is 0 Å². The van der Waals surface area contributed by atoms with Crippen molar-refractivity contribution in [3.05, 3.63) is 35.1 Å². The molecule has 1 atom stereocenters. The summed E-state index contributed by atoms with van der Waals surface area (Å²) < 4.78 is 13.3. The summed E-state index contributed by atoms with van der Waals surface area (Å²) in [6.07, 6.45) is 0.847. The van der Waals surface area contributed by atoms with Crippen molar-refractivity contribution in [3.8, 4) is 0 Å². The number of aryl methyl sites for hydroxylation is 1. The van der Waals surface area contributed by atoms with Gasteiger partial charge in [-0.05, 0) is 36.6 Å². The number of carbonyl (C=O) groups excluding carboxylic acids is 2. The van der Waals surface area contributed by atoms with Crippen molar-refractivity contribution in [2.45, 2.75) is 39.3 Å². The van der Waals surface area contributed by atoms with E-state index in [9.17, 15) is 14.0 Å². The van der Waals surface area contributed by atoms with Gasteiger partial charge in [0.1, 0.15) is 11.9 Å². The standard InChI is InChI=1S/C15H19FN2O2/c1-3-13-15(20)18(7-6-14(19)17-13)9-11-8-12(16)5-4-10(11)2/h4-5,8,13H,3,6-7,9H2,1-2H3,(H,17,19). The first-order valence-corrected chi connectivity index (χ1v) is 6.84. The van der Waals surface area contributed by atoms with Gasteiger partial charge in [-0.3, -0.25) is 9.59 Å². The third kappa shape index (κ3) is 3.15. The molecule has 0 aliphatic carbocycles. The molecule has 2 rings (SSSR count). The summed E-state index contributed by atoms with van der Waals surface area (Å²) in [6, 6.07) is 4.08. The van der Waals surface area contributed by atoms with Crippen LogP contribution in [0, 0.1) is 12.7 Å². The van der Waals surface area contributed by atoms with Gasteiger partial charge in [0.05, 0.1) is 0 Å². The Balaban J connectivity index is 2.20. The Morgan fingerprint density at radius 1 is 1.40 bits per heavy atom. The van der Waals surface area contributed by atoms with Crippen molar-refractivity contribution in [2.24, 2.45) is 0 Å². The minimum atomic E-state index is -0.473. The molecule has 20 heavy (non-hydrogen) atoms. The van der Waals surface area contributed by atoms with Crippen LogP contribution in [-0.4, -0.2) is 29.3 Å². The van der Waals surface area contributed by atoms with E-state index in [0.29, 0.717) is 19.5 Å². The topological polar surface area (TPSA) is 49.4 Å². The monoisotopic (exact) mass is 278 g/mol. The molecule has 5 heteroatoms. The van der Waals surface area contributed by atoms with Crippen molar-refractivity contribution in [1.82, 2.24) is 10.2 Å². The van der Waals surface area contributed by atoms with Crippen LogP contribution in [0.3, 0.4) is 0 Å². The molecular formula is C15H19FN2O2. The summed E-state index contributed by atoms with van der Waals surface area (Å²) >= 11 is 0. The Morgan fingerprint density at radius 2 is 2.15 bits per heavy atom. The Bertz CT molecular complexity index is 531. The fourth-order valence-corrected chi connectivity index (χ4v) is 2.34. The Morgan fingerprint density at radius 3 is 2.85 bits per heavy atom. The van der Waals surface area contributed by atoms with Crippen molar-refractivity contribution in [2.75, 3.05) is 6.54 Å². The minimum absolute atomic E-state index is 0.0954. The molecule has 4 nitrogen and oxygen atoms in total. The molecule has 108 valence electrons. The maximum absolute atomic E-state index is 13.3. The van der Waals surface area contributed by atoms with Gasteiger partial charge in [0.15, 0.2) is 0 Å². The summed E-state index contributed by atoms with van der Waals surface area (Å²) in [5, 5.41) is 2.72. The molecule has 1 unspecified atom stereocenters. The zero-order chi connectivity index (χ0) is 14.7. The van der Waals surface area contributed by atoms with Gasteiger partial charge in [0, 0.05) is 19.5 Å². The van der Waals surface area contributed by atoms with Crippen molar-refractivity contribution in [3.63, 3.8) is 0 Å². The summed E-state index contributed by atoms with van der Waals surface area (Å²) in [5.74, 6) is -0.514. The van der Waals surface area contributed by atoms with Crippen LogP contribution in [0.2, 0.25) is 0 Å². The number of halogens is 1. The first kappa shape index (κ1) is 14.5. The van der Waals surface area contributed by atoms with Gasteiger partial charge in [-0.1, -0.05) is 13.0 Å². The van der Waals surface area contributed by atoms with E-state index in [1.165, 1.54) is 12.1 Å². The number of rotatable bonds is 3. The van der Waals surface area contributed by atoms with Gasteiger partial charge in [-0.2, -0.15) is 0 Å². The number of carbonyl (C=O) groups is 2. The maximum atomic E-state index is 13.3. The molecular weight excluding hydrogens is 259 g/mol. The highest BCUT2D eigenvalue weighted by Crippen LogP contribution is 2.16. The fourth-order valence-electron chi connectivity index (χ4n) is 2.34. The van der Waals surface area contributed by atoms with E-state index in [-0.39, 0.29) is 24.1 Å². The molecule has 1 aromatic carbocycles. The first-order chi connectivity index (χ1) is 9.51. The van der Waals surface area contributed by atoms with E-state index in [1.54, 1.807) is 11.0 Å². The van der Waals surface area contributed by atoms with E-state index in [4.69, 9.17) is 0 Å². The van der Waals surface area contributed by atoms with Gasteiger partial charge >= 0.3 is 0 Å². The quantitative estimate of drug-likeness (QED) is 0.916. The molecule has 0 aromatic heterocycles. The van der Waals surface area contributed by atoms with Crippen LogP contribution in [0.1, 0.15) is 30.9 Å². The largest absolute Gasteiger partial charge is 0.344 e. The summed E-state index contributed by atoms with van der Waals surface area (Å²) in [5.41, 5.74) is 1.72. The molecule has 2 amide bonds. The Kier molecular flexibility index (Phi) is 4.37. The van der Waals surface area contributed by atoms with E-state index in [0.717, 1.165) is 11.1 Å². The van der Waals surface area contributed by atoms with Gasteiger partial charge < -0.3 is 10.2 Å². The highest BCUT2D eigenvalue weighted by molar-refractivity contribution is 5.89. The zero-order valence-electron chi connectivity index (χ0n) is 11.8. The van der Waals surface area contributed by atoms with Crippen LogP contribution < -0.4 is 5.32 Å². The summed E-state index contributed by atoms with van der Waals surface area (Å²) in [4.78, 5) is 25.5. The molecule has 1 heterocycles. The summed E-state index contributed by atoms with van der Waals surface area (Å²) in [7, 11) is 0. The second-order valence-electron chi connectivity index (χ2n) is 5.11. The molecule has 0 saturated carbocycles. The Labute approximate surface area is 118 Å². The van der Waals surface area contributed by atoms with E-state index in [1.807, 2.05) is 13.8 Å². The normalized spacial score (nSPS) is 19.8. The minimum Gasteiger partial charge on any atom is -0.344 e. The van der Waals surface area contributed by atoms with Crippen molar-refractivity contribution in [1.29, 1.82) is 0 Å². The number of hydrogen-bond donors (Lipinski definition) is 1. The molecule has 0 spiro atoms. The highest BCUT2D eigenvalue weighted by atomic mass is 19.1. The smallest absolute Gasteiger partial charge is 0.245 e. The van der Waals surface area contributed by atoms with Gasteiger partial charge in [0.2, 0.25) is 11.8 Å². The second-order valence-corrected chi connectivity index (χ2v) is 5.11. The second kappa shape index (κ2) is 6.03. The van der Waals surface area contributed by atoms with Crippen molar-refractivity contribution < 1.29 is 14.0 Å². The molecule has 0 bridgehead atoms.